The van der Waals surface area contributed by atoms with Crippen LogP contribution in [-0.4, -0.2) is 10.7 Å². The van der Waals surface area contributed by atoms with Crippen LogP contribution in [0.5, 0.6) is 0 Å². The monoisotopic (exact) mass is 206 g/mol. The van der Waals surface area contributed by atoms with Crippen LogP contribution in [0.25, 0.3) is 0 Å². The van der Waals surface area contributed by atoms with Crippen LogP contribution in [0.2, 0.25) is 0 Å². The van der Waals surface area contributed by atoms with Crippen molar-refractivity contribution in [2.75, 3.05) is 0 Å². The topological polar surface area (TPSA) is 20.2 Å². The molecule has 1 N–H and O–H groups in total. The molecule has 0 spiro atoms. The lowest BCUT2D eigenvalue weighted by atomic mass is 10.1. The van der Waals surface area contributed by atoms with Crippen molar-refractivity contribution < 1.29 is 31.4 Å². The van der Waals surface area contributed by atoms with E-state index in [0.29, 0.717) is 0 Å². The molecule has 0 aliphatic heterocycles. The van der Waals surface area contributed by atoms with Gasteiger partial charge in [0.2, 0.25) is 11.7 Å². The molecule has 0 bridgehead atoms. The summed E-state index contributed by atoms with van der Waals surface area (Å²) in [6.45, 7) is 0.149. The van der Waals surface area contributed by atoms with Gasteiger partial charge >= 0.3 is 12.2 Å². The summed E-state index contributed by atoms with van der Waals surface area (Å²) in [6.07, 6.45) is -6.11. The zero-order chi connectivity index (χ0) is 10.8. The molecular weight excluding hydrogens is 202 g/mol. The van der Waals surface area contributed by atoms with Crippen molar-refractivity contribution in [2.24, 2.45) is 0 Å². The van der Waals surface area contributed by atoms with Crippen molar-refractivity contribution in [3.05, 3.63) is 23.8 Å². The van der Waals surface area contributed by atoms with E-state index in [9.17, 15) is 26.3 Å². The van der Waals surface area contributed by atoms with E-state index < -0.39 is 29.4 Å². The van der Waals surface area contributed by atoms with Gasteiger partial charge in [-0.1, -0.05) is 0 Å². The Morgan fingerprint density at radius 3 is 1.23 bits per heavy atom. The summed E-state index contributed by atoms with van der Waals surface area (Å²) in [6, 6.07) is 0. The fourth-order valence-corrected chi connectivity index (χ4v) is 0.464. The average Bonchev–Trinajstić information content (AvgIpc) is 2.01. The first-order valence-electron chi connectivity index (χ1n) is 2.86. The van der Waals surface area contributed by atoms with E-state index in [2.05, 4.69) is 0 Å². The second-order valence-corrected chi connectivity index (χ2v) is 2.22. The van der Waals surface area contributed by atoms with Crippen molar-refractivity contribution in [1.29, 1.82) is 0 Å². The molecule has 0 aromatic rings. The highest BCUT2D eigenvalue weighted by Gasteiger charge is 2.39. The third-order valence-corrected chi connectivity index (χ3v) is 1.19. The lowest BCUT2D eigenvalue weighted by Crippen LogP contribution is -2.27. The minimum absolute atomic E-state index is 0.149. The summed E-state index contributed by atoms with van der Waals surface area (Å²) in [5.74, 6) is -5.28. The van der Waals surface area contributed by atoms with E-state index >= 15 is 0 Å². The molecule has 1 nitrogen and oxygen atoms in total. The van der Waals surface area contributed by atoms with E-state index in [0.717, 1.165) is 0 Å². The lowest BCUT2D eigenvalue weighted by molar-refractivity contribution is 0.0693. The fraction of sp³-hybridized carbons (Fsp3) is 0.333. The van der Waals surface area contributed by atoms with Gasteiger partial charge in [-0.25, -0.2) is 8.78 Å². The van der Waals surface area contributed by atoms with E-state index in [4.69, 9.17) is 5.11 Å². The molecule has 0 saturated heterocycles. The second kappa shape index (κ2) is 3.82. The van der Waals surface area contributed by atoms with Gasteiger partial charge < -0.3 is 5.11 Å². The number of aliphatic hydroxyl groups is 1. The molecule has 0 aromatic carbocycles. The Morgan fingerprint density at radius 1 is 0.846 bits per heavy atom. The minimum atomic E-state index is -3.61. The van der Waals surface area contributed by atoms with Crippen LogP contribution in [0.3, 0.4) is 0 Å². The van der Waals surface area contributed by atoms with Crippen molar-refractivity contribution in [3.63, 3.8) is 0 Å². The third-order valence-electron chi connectivity index (χ3n) is 1.19. The van der Waals surface area contributed by atoms with Gasteiger partial charge in [0.15, 0.2) is 5.60 Å². The summed E-state index contributed by atoms with van der Waals surface area (Å²) in [5, 5.41) is 8.57. The Kier molecular flexibility index (Phi) is 3.53. The SMILES string of the molecule is CC(O)(C(F)=C(F)F)C(F)=C(F)F. The molecule has 0 radical (unpaired) electrons. The highest BCUT2D eigenvalue weighted by atomic mass is 19.3. The summed E-state index contributed by atoms with van der Waals surface area (Å²) in [7, 11) is 0. The minimum Gasteiger partial charge on any atom is -0.375 e. The smallest absolute Gasteiger partial charge is 0.305 e. The maximum absolute atomic E-state index is 12.2. The van der Waals surface area contributed by atoms with Gasteiger partial charge in [0.1, 0.15) is 0 Å². The zero-order valence-electron chi connectivity index (χ0n) is 6.22. The zero-order valence-corrected chi connectivity index (χ0v) is 6.22. The highest BCUT2D eigenvalue weighted by molar-refractivity contribution is 5.23. The molecule has 0 rings (SSSR count). The van der Waals surface area contributed by atoms with Gasteiger partial charge in [-0.05, 0) is 6.92 Å². The molecule has 0 unspecified atom stereocenters. The molecule has 0 aliphatic carbocycles. The lowest BCUT2D eigenvalue weighted by Gasteiger charge is -2.16. The predicted molar refractivity (Wildman–Crippen MR) is 31.3 cm³/mol. The normalized spacial score (nSPS) is 11.1. The summed E-state index contributed by atoms with van der Waals surface area (Å²) < 4.78 is 70.2. The maximum atomic E-state index is 12.2. The van der Waals surface area contributed by atoms with Gasteiger partial charge in [0, 0.05) is 0 Å². The molecule has 0 amide bonds. The van der Waals surface area contributed by atoms with Gasteiger partial charge in [-0.2, -0.15) is 17.6 Å². The number of hydrogen-bond donors (Lipinski definition) is 1. The van der Waals surface area contributed by atoms with E-state index in [1.165, 1.54) is 0 Å². The van der Waals surface area contributed by atoms with Crippen molar-refractivity contribution in [2.45, 2.75) is 12.5 Å². The Labute approximate surface area is 69.0 Å². The van der Waals surface area contributed by atoms with Crippen LogP contribution < -0.4 is 0 Å². The molecule has 0 aliphatic rings. The Bertz CT molecular complexity index is 232. The molecule has 76 valence electrons. The number of hydrogen-bond acceptors (Lipinski definition) is 1. The summed E-state index contributed by atoms with van der Waals surface area (Å²) in [5.41, 5.74) is -3.61. The molecule has 0 atom stereocenters. The van der Waals surface area contributed by atoms with Crippen molar-refractivity contribution in [3.8, 4) is 0 Å². The van der Waals surface area contributed by atoms with E-state index in [1.807, 2.05) is 0 Å². The number of halogens is 6. The molecule has 7 heteroatoms. The average molecular weight is 206 g/mol. The van der Waals surface area contributed by atoms with Crippen LogP contribution in [-0.2, 0) is 0 Å². The van der Waals surface area contributed by atoms with Crippen LogP contribution in [0.1, 0.15) is 6.92 Å². The largest absolute Gasteiger partial charge is 0.375 e. The van der Waals surface area contributed by atoms with Gasteiger partial charge in [0.25, 0.3) is 0 Å². The summed E-state index contributed by atoms with van der Waals surface area (Å²) in [4.78, 5) is 0. The fourth-order valence-electron chi connectivity index (χ4n) is 0.464. The first-order chi connectivity index (χ1) is 5.71. The standard InChI is InChI=1S/C6H4F6O/c1-6(13,2(7)4(9)10)3(8)5(11)12/h13H,1H3. The predicted octanol–water partition coefficient (Wildman–Crippen LogP) is 2.89. The van der Waals surface area contributed by atoms with E-state index in [1.54, 1.807) is 0 Å². The third kappa shape index (κ3) is 2.48. The van der Waals surface area contributed by atoms with Crippen molar-refractivity contribution in [1.82, 2.24) is 0 Å². The number of rotatable bonds is 2. The molecule has 0 fully saturated rings. The van der Waals surface area contributed by atoms with Gasteiger partial charge in [-0.15, -0.1) is 0 Å². The molecule has 0 aromatic heterocycles. The van der Waals surface area contributed by atoms with Gasteiger partial charge in [-0.3, -0.25) is 0 Å². The quantitative estimate of drug-likeness (QED) is 0.688. The Hall–Kier alpha value is -0.980. The molecule has 0 saturated carbocycles. The molecular formula is C6H4F6O. The first kappa shape index (κ1) is 12.0. The van der Waals surface area contributed by atoms with Crippen molar-refractivity contribution >= 4 is 0 Å². The summed E-state index contributed by atoms with van der Waals surface area (Å²) >= 11 is 0. The van der Waals surface area contributed by atoms with Gasteiger partial charge in [0.05, 0.1) is 0 Å². The maximum Gasteiger partial charge on any atom is 0.305 e. The first-order valence-corrected chi connectivity index (χ1v) is 2.86. The second-order valence-electron chi connectivity index (χ2n) is 2.22. The molecule has 0 heterocycles. The van der Waals surface area contributed by atoms with Crippen LogP contribution in [0, 0.1) is 0 Å². The van der Waals surface area contributed by atoms with Crippen LogP contribution >= 0.6 is 0 Å². The Morgan fingerprint density at radius 2 is 1.08 bits per heavy atom. The van der Waals surface area contributed by atoms with E-state index in [-0.39, 0.29) is 6.92 Å². The Balaban J connectivity index is 5.23. The van der Waals surface area contributed by atoms with Crippen LogP contribution in [0.15, 0.2) is 23.8 Å². The highest BCUT2D eigenvalue weighted by Crippen LogP contribution is 2.33. The molecule has 13 heavy (non-hydrogen) atoms. The van der Waals surface area contributed by atoms with Crippen LogP contribution in [0.4, 0.5) is 26.3 Å².